The number of ketones is 1. The molecule has 0 amide bonds. The number of H-pyrrole nitrogens is 1. The summed E-state index contributed by atoms with van der Waals surface area (Å²) in [5.41, 5.74) is 1.95. The average molecular weight is 609 g/mol. The number of aromatic amines is 1. The molecule has 0 aliphatic carbocycles. The molecule has 46 heavy (non-hydrogen) atoms. The van der Waals surface area contributed by atoms with E-state index in [9.17, 15) is 9.18 Å². The Morgan fingerprint density at radius 1 is 0.935 bits per heavy atom. The Bertz CT molecular complexity index is 2280. The first-order valence-electron chi connectivity index (χ1n) is 14.9. The number of aromatic nitrogens is 5. The van der Waals surface area contributed by atoms with Gasteiger partial charge in [0.05, 0.1) is 46.4 Å². The lowest BCUT2D eigenvalue weighted by molar-refractivity contribution is -0.127. The molecule has 4 aromatic rings. The summed E-state index contributed by atoms with van der Waals surface area (Å²) in [5.74, 6) is -0.513. The fraction of sp³-hybridized carbons (Fsp3) is 0.167. The van der Waals surface area contributed by atoms with Gasteiger partial charge in [-0.2, -0.15) is 0 Å². The van der Waals surface area contributed by atoms with Crippen molar-refractivity contribution in [2.75, 3.05) is 0 Å². The van der Waals surface area contributed by atoms with E-state index in [4.69, 9.17) is 15.0 Å². The zero-order chi connectivity index (χ0) is 31.7. The van der Waals surface area contributed by atoms with Crippen LogP contribution in [0.1, 0.15) is 30.8 Å². The van der Waals surface area contributed by atoms with Gasteiger partial charge in [-0.1, -0.05) is 0 Å². The summed E-state index contributed by atoms with van der Waals surface area (Å²) in [7, 11) is 0. The van der Waals surface area contributed by atoms with E-state index in [1.54, 1.807) is 29.4 Å². The minimum atomic E-state index is -1.24. The number of hydrogen-bond acceptors (Lipinski definition) is 7. The van der Waals surface area contributed by atoms with E-state index in [1.807, 2.05) is 93.6 Å². The number of nitrogens with zero attached hydrogens (tertiary/aromatic N) is 6. The van der Waals surface area contributed by atoms with Crippen molar-refractivity contribution in [2.45, 2.75) is 31.8 Å². The van der Waals surface area contributed by atoms with E-state index in [0.29, 0.717) is 28.5 Å². The first-order valence-corrected chi connectivity index (χ1v) is 14.9. The molecule has 2 N–H and O–H groups in total. The highest BCUT2D eigenvalue weighted by molar-refractivity contribution is 6.20. The number of imidazole rings is 1. The van der Waals surface area contributed by atoms with Crippen molar-refractivity contribution < 1.29 is 9.18 Å². The van der Waals surface area contributed by atoms with Crippen LogP contribution in [0.2, 0.25) is 0 Å². The molecule has 1 saturated heterocycles. The molecule has 8 bridgehead atoms. The summed E-state index contributed by atoms with van der Waals surface area (Å²) in [6.07, 6.45) is 23.3. The average Bonchev–Trinajstić information content (AvgIpc) is 3.86. The number of rotatable bonds is 3. The van der Waals surface area contributed by atoms with Gasteiger partial charge in [-0.05, 0) is 105 Å². The van der Waals surface area contributed by atoms with Crippen LogP contribution >= 0.6 is 0 Å². The molecule has 9 nitrogen and oxygen atoms in total. The molecule has 2 atom stereocenters. The van der Waals surface area contributed by atoms with Gasteiger partial charge in [0.25, 0.3) is 0 Å². The van der Waals surface area contributed by atoms with Gasteiger partial charge in [-0.25, -0.2) is 14.4 Å². The number of Topliss-reactive ketones (excluding diaryl/α,β-unsaturated/α-hetero) is 1. The Morgan fingerprint density at radius 2 is 1.76 bits per heavy atom. The third-order valence-corrected chi connectivity index (χ3v) is 8.88. The van der Waals surface area contributed by atoms with Gasteiger partial charge >= 0.3 is 0 Å². The molecule has 8 heterocycles. The van der Waals surface area contributed by atoms with Crippen LogP contribution in [0.3, 0.4) is 0 Å². The summed E-state index contributed by atoms with van der Waals surface area (Å²) >= 11 is 0. The standard InChI is InChI=1S/C36H29FN8O/c1-22-14-23(9-13-39-22)36-17-28-7-6-25(42-28)15-24-4-5-26(41-24)16-27-8-11-35(43-27,18-31(44-36)34(2,3)33(36)46)32-20-45(21-40-32)30-10-12-38-19-29(30)37/h4-21,41,44H,1-3H3. The van der Waals surface area contributed by atoms with Gasteiger partial charge < -0.3 is 14.9 Å². The van der Waals surface area contributed by atoms with Crippen molar-refractivity contribution >= 4 is 29.4 Å². The van der Waals surface area contributed by atoms with Gasteiger partial charge in [0.15, 0.2) is 11.6 Å². The number of allylic oxidation sites excluding steroid dienone is 4. The maximum absolute atomic E-state index is 14.7. The summed E-state index contributed by atoms with van der Waals surface area (Å²) in [5, 5.41) is 5.40. The Kier molecular flexibility index (Phi) is 5.95. The van der Waals surface area contributed by atoms with E-state index < -0.39 is 22.3 Å². The van der Waals surface area contributed by atoms with Crippen LogP contribution in [0.4, 0.5) is 4.39 Å². The van der Waals surface area contributed by atoms with Crippen molar-refractivity contribution in [2.24, 2.45) is 15.4 Å². The Labute approximate surface area is 263 Å². The van der Waals surface area contributed by atoms with Gasteiger partial charge in [0.1, 0.15) is 11.1 Å². The number of hydrogen-bond donors (Lipinski definition) is 2. The number of carbonyl (C=O) groups excluding carboxylic acids is 1. The topological polar surface area (TPSA) is 113 Å². The third kappa shape index (κ3) is 4.36. The molecule has 4 aromatic heterocycles. The maximum atomic E-state index is 14.7. The minimum Gasteiger partial charge on any atom is -0.369 e. The molecule has 1 fully saturated rings. The highest BCUT2D eigenvalue weighted by atomic mass is 19.1. The van der Waals surface area contributed by atoms with Crippen LogP contribution in [-0.2, 0) is 15.9 Å². The van der Waals surface area contributed by atoms with Crippen molar-refractivity contribution in [3.8, 4) is 5.69 Å². The second-order valence-corrected chi connectivity index (χ2v) is 12.4. The second kappa shape index (κ2) is 9.87. The maximum Gasteiger partial charge on any atom is 0.178 e. The predicted molar refractivity (Wildman–Crippen MR) is 174 cm³/mol. The van der Waals surface area contributed by atoms with E-state index >= 15 is 0 Å². The first-order chi connectivity index (χ1) is 22.1. The Hall–Kier alpha value is -5.77. The molecule has 2 unspecified atom stereocenters. The third-order valence-electron chi connectivity index (χ3n) is 8.88. The fourth-order valence-corrected chi connectivity index (χ4v) is 6.47. The monoisotopic (exact) mass is 608 g/mol. The highest BCUT2D eigenvalue weighted by Crippen LogP contribution is 2.48. The zero-order valence-corrected chi connectivity index (χ0v) is 25.4. The fourth-order valence-electron chi connectivity index (χ4n) is 6.47. The smallest absolute Gasteiger partial charge is 0.178 e. The van der Waals surface area contributed by atoms with Crippen LogP contribution in [0.25, 0.3) is 17.8 Å². The van der Waals surface area contributed by atoms with E-state index in [-0.39, 0.29) is 5.78 Å². The van der Waals surface area contributed by atoms with Gasteiger partial charge in [-0.15, -0.1) is 0 Å². The minimum absolute atomic E-state index is 0.0411. The summed E-state index contributed by atoms with van der Waals surface area (Å²) in [6.45, 7) is 5.73. The Morgan fingerprint density at radius 3 is 2.57 bits per heavy atom. The van der Waals surface area contributed by atoms with Gasteiger partial charge in [0, 0.05) is 40.7 Å². The molecular formula is C36H29FN8O. The number of halogens is 1. The zero-order valence-electron chi connectivity index (χ0n) is 25.4. The SMILES string of the molecule is Cc1cc(C23C=C4C=CC(=N4)C=c4ccc([nH]4)=CC4=NC(c5cn(-c6ccncc6F)cn5)(C=C4)C=C(N2)C(C)(C)C3=O)ccn1. The van der Waals surface area contributed by atoms with Crippen LogP contribution < -0.4 is 16.0 Å². The van der Waals surface area contributed by atoms with E-state index in [1.165, 1.54) is 12.4 Å². The number of aryl methyl sites for hydroxylation is 1. The molecule has 0 aromatic carbocycles. The van der Waals surface area contributed by atoms with Crippen molar-refractivity contribution in [1.29, 1.82) is 0 Å². The molecular weight excluding hydrogens is 579 g/mol. The van der Waals surface area contributed by atoms with Crippen LogP contribution in [0.15, 0.2) is 119 Å². The van der Waals surface area contributed by atoms with Crippen molar-refractivity contribution in [3.63, 3.8) is 0 Å². The predicted octanol–water partition coefficient (Wildman–Crippen LogP) is 3.79. The molecule has 0 spiro atoms. The summed E-state index contributed by atoms with van der Waals surface area (Å²) in [4.78, 5) is 41.2. The normalized spacial score (nSPS) is 24.0. The lowest BCUT2D eigenvalue weighted by Gasteiger charge is -2.27. The summed E-state index contributed by atoms with van der Waals surface area (Å²) in [6, 6.07) is 9.35. The van der Waals surface area contributed by atoms with E-state index in [0.717, 1.165) is 27.7 Å². The number of aliphatic imine (C=N–C) groups is 2. The molecule has 0 radical (unpaired) electrons. The van der Waals surface area contributed by atoms with E-state index in [2.05, 4.69) is 20.3 Å². The molecule has 10 heteroatoms. The number of nitrogens with one attached hydrogen (secondary N) is 2. The van der Waals surface area contributed by atoms with Crippen molar-refractivity contribution in [1.82, 2.24) is 29.8 Å². The molecule has 226 valence electrons. The molecule has 8 rings (SSSR count). The number of pyridine rings is 2. The molecule has 0 saturated carbocycles. The quantitative estimate of drug-likeness (QED) is 0.368. The van der Waals surface area contributed by atoms with Crippen LogP contribution in [0, 0.1) is 18.2 Å². The van der Waals surface area contributed by atoms with Gasteiger partial charge in [0.2, 0.25) is 0 Å². The highest BCUT2D eigenvalue weighted by Gasteiger charge is 2.56. The van der Waals surface area contributed by atoms with Gasteiger partial charge in [-0.3, -0.25) is 19.8 Å². The Balaban J connectivity index is 1.39. The first kappa shape index (κ1) is 27.8. The second-order valence-electron chi connectivity index (χ2n) is 12.4. The van der Waals surface area contributed by atoms with Crippen molar-refractivity contribution in [3.05, 3.63) is 143 Å². The lowest BCUT2D eigenvalue weighted by Crippen LogP contribution is -2.42. The number of fused-ring (bicyclic) bond motifs is 6. The molecule has 4 aliphatic rings. The number of carbonyl (C=O) groups is 1. The summed E-state index contributed by atoms with van der Waals surface area (Å²) < 4.78 is 16.4. The lowest BCUT2D eigenvalue weighted by atomic mass is 9.76. The molecule has 4 aliphatic heterocycles. The van der Waals surface area contributed by atoms with Crippen LogP contribution in [0.5, 0.6) is 0 Å². The largest absolute Gasteiger partial charge is 0.369 e. The van der Waals surface area contributed by atoms with Crippen LogP contribution in [-0.4, -0.2) is 41.7 Å².